The summed E-state index contributed by atoms with van der Waals surface area (Å²) in [6.45, 7) is 8.84. The second-order valence-electron chi connectivity index (χ2n) is 6.07. The second-order valence-corrected chi connectivity index (χ2v) is 6.07. The summed E-state index contributed by atoms with van der Waals surface area (Å²) in [5.74, 6) is 0.242. The molecular formula is C17H26N2O. The van der Waals surface area contributed by atoms with E-state index in [9.17, 15) is 4.79 Å². The number of carbonyl (C=O) groups is 1. The molecule has 0 bridgehead atoms. The van der Waals surface area contributed by atoms with Gasteiger partial charge in [0.2, 0.25) is 0 Å². The van der Waals surface area contributed by atoms with Crippen molar-refractivity contribution in [1.29, 1.82) is 0 Å². The van der Waals surface area contributed by atoms with Crippen LogP contribution in [0.3, 0.4) is 0 Å². The van der Waals surface area contributed by atoms with Crippen molar-refractivity contribution in [3.05, 3.63) is 34.4 Å². The maximum absolute atomic E-state index is 12.5. The van der Waals surface area contributed by atoms with Gasteiger partial charge in [0.05, 0.1) is 6.54 Å². The maximum Gasteiger partial charge on any atom is 0.177 e. The third-order valence-electron chi connectivity index (χ3n) is 4.47. The summed E-state index contributed by atoms with van der Waals surface area (Å²) in [6, 6.07) is 4.70. The summed E-state index contributed by atoms with van der Waals surface area (Å²) in [4.78, 5) is 14.7. The Morgan fingerprint density at radius 2 is 1.75 bits per heavy atom. The van der Waals surface area contributed by atoms with Gasteiger partial charge in [-0.3, -0.25) is 9.69 Å². The van der Waals surface area contributed by atoms with Gasteiger partial charge in [-0.1, -0.05) is 6.07 Å². The molecule has 0 amide bonds. The largest absolute Gasteiger partial charge is 0.317 e. The van der Waals surface area contributed by atoms with Gasteiger partial charge in [0, 0.05) is 11.6 Å². The first-order chi connectivity index (χ1) is 9.49. The van der Waals surface area contributed by atoms with E-state index in [1.54, 1.807) is 0 Å². The molecular weight excluding hydrogens is 248 g/mol. The zero-order valence-corrected chi connectivity index (χ0v) is 13.1. The first-order valence-corrected chi connectivity index (χ1v) is 7.51. The van der Waals surface area contributed by atoms with E-state index in [1.807, 2.05) is 13.0 Å². The van der Waals surface area contributed by atoms with Crippen molar-refractivity contribution in [3.8, 4) is 0 Å². The molecule has 0 radical (unpaired) electrons. The van der Waals surface area contributed by atoms with Crippen LogP contribution in [0.5, 0.6) is 0 Å². The first kappa shape index (κ1) is 15.2. The van der Waals surface area contributed by atoms with Crippen LogP contribution >= 0.6 is 0 Å². The summed E-state index contributed by atoms with van der Waals surface area (Å²) in [5, 5.41) is 3.37. The first-order valence-electron chi connectivity index (χ1n) is 7.51. The monoisotopic (exact) mass is 274 g/mol. The molecule has 1 fully saturated rings. The normalized spacial score (nSPS) is 16.6. The Morgan fingerprint density at radius 3 is 2.40 bits per heavy atom. The standard InChI is InChI=1S/C17H26N2O/c1-12-9-14(3)16(10-13(12)2)17(20)11-19(4)15-5-7-18-8-6-15/h9-10,15,18H,5-8,11H2,1-4H3. The van der Waals surface area contributed by atoms with Crippen LogP contribution in [0.4, 0.5) is 0 Å². The molecule has 1 aromatic rings. The number of rotatable bonds is 4. The maximum atomic E-state index is 12.5. The van der Waals surface area contributed by atoms with Gasteiger partial charge in [0.15, 0.2) is 5.78 Å². The lowest BCUT2D eigenvalue weighted by Gasteiger charge is -2.31. The Kier molecular flexibility index (Phi) is 4.95. The van der Waals surface area contributed by atoms with Gasteiger partial charge in [-0.2, -0.15) is 0 Å². The number of piperidine rings is 1. The molecule has 1 aliphatic rings. The highest BCUT2D eigenvalue weighted by atomic mass is 16.1. The van der Waals surface area contributed by atoms with E-state index in [2.05, 4.69) is 37.2 Å². The fourth-order valence-electron chi connectivity index (χ4n) is 2.95. The zero-order chi connectivity index (χ0) is 14.7. The van der Waals surface area contributed by atoms with Crippen molar-refractivity contribution in [2.45, 2.75) is 39.7 Å². The number of nitrogens with zero attached hydrogens (tertiary/aromatic N) is 1. The molecule has 1 N–H and O–H groups in total. The molecule has 0 spiro atoms. The van der Waals surface area contributed by atoms with Gasteiger partial charge in [0.1, 0.15) is 0 Å². The van der Waals surface area contributed by atoms with Crippen molar-refractivity contribution in [1.82, 2.24) is 10.2 Å². The second kappa shape index (κ2) is 6.51. The van der Waals surface area contributed by atoms with Gasteiger partial charge in [0.25, 0.3) is 0 Å². The Hall–Kier alpha value is -1.19. The summed E-state index contributed by atoms with van der Waals surface area (Å²) in [6.07, 6.45) is 2.27. The highest BCUT2D eigenvalue weighted by molar-refractivity contribution is 5.99. The van der Waals surface area contributed by atoms with Crippen LogP contribution in [0.1, 0.15) is 39.9 Å². The lowest BCUT2D eigenvalue weighted by molar-refractivity contribution is 0.0903. The third kappa shape index (κ3) is 3.47. The smallest absolute Gasteiger partial charge is 0.177 e. The summed E-state index contributed by atoms with van der Waals surface area (Å²) in [5.41, 5.74) is 4.43. The van der Waals surface area contributed by atoms with Crippen molar-refractivity contribution >= 4 is 5.78 Å². The van der Waals surface area contributed by atoms with Crippen LogP contribution in [-0.2, 0) is 0 Å². The molecule has 0 saturated carbocycles. The predicted octanol–water partition coefficient (Wildman–Crippen LogP) is 2.48. The lowest BCUT2D eigenvalue weighted by Crippen LogP contribution is -2.43. The van der Waals surface area contributed by atoms with E-state index in [0.29, 0.717) is 12.6 Å². The summed E-state index contributed by atoms with van der Waals surface area (Å²) in [7, 11) is 2.07. The van der Waals surface area contributed by atoms with Gasteiger partial charge < -0.3 is 5.32 Å². The van der Waals surface area contributed by atoms with Gasteiger partial charge in [-0.05, 0) is 76.5 Å². The summed E-state index contributed by atoms with van der Waals surface area (Å²) < 4.78 is 0. The predicted molar refractivity (Wildman–Crippen MR) is 83.5 cm³/mol. The average molecular weight is 274 g/mol. The number of hydrogen-bond acceptors (Lipinski definition) is 3. The fraction of sp³-hybridized carbons (Fsp3) is 0.588. The Labute approximate surface area is 122 Å². The quantitative estimate of drug-likeness (QED) is 0.856. The minimum atomic E-state index is 0.242. The minimum absolute atomic E-state index is 0.242. The number of Topliss-reactive ketones (excluding diaryl/α,β-unsaturated/α-hetero) is 1. The van der Waals surface area contributed by atoms with Crippen molar-refractivity contribution in [3.63, 3.8) is 0 Å². The Morgan fingerprint density at radius 1 is 1.15 bits per heavy atom. The molecule has 0 atom stereocenters. The SMILES string of the molecule is Cc1cc(C)c(C(=O)CN(C)C2CCNCC2)cc1C. The number of nitrogens with one attached hydrogen (secondary N) is 1. The number of hydrogen-bond donors (Lipinski definition) is 1. The number of benzene rings is 1. The third-order valence-corrected chi connectivity index (χ3v) is 4.47. The molecule has 2 rings (SSSR count). The topological polar surface area (TPSA) is 32.3 Å². The van der Waals surface area contributed by atoms with Gasteiger partial charge in [-0.25, -0.2) is 0 Å². The molecule has 20 heavy (non-hydrogen) atoms. The molecule has 0 aromatic heterocycles. The molecule has 3 heteroatoms. The van der Waals surface area contributed by atoms with Gasteiger partial charge >= 0.3 is 0 Å². The van der Waals surface area contributed by atoms with E-state index in [-0.39, 0.29) is 5.78 Å². The van der Waals surface area contributed by atoms with Crippen LogP contribution < -0.4 is 5.32 Å². The van der Waals surface area contributed by atoms with Crippen LogP contribution in [0.2, 0.25) is 0 Å². The number of aryl methyl sites for hydroxylation is 3. The summed E-state index contributed by atoms with van der Waals surface area (Å²) >= 11 is 0. The number of carbonyl (C=O) groups excluding carboxylic acids is 1. The molecule has 0 unspecified atom stereocenters. The van der Waals surface area contributed by atoms with Crippen molar-refractivity contribution in [2.24, 2.45) is 0 Å². The van der Waals surface area contributed by atoms with Crippen LogP contribution in [0.15, 0.2) is 12.1 Å². The number of likely N-dealkylation sites (N-methyl/N-ethyl adjacent to an activating group) is 1. The van der Waals surface area contributed by atoms with Crippen LogP contribution in [-0.4, -0.2) is 43.4 Å². The van der Waals surface area contributed by atoms with E-state index < -0.39 is 0 Å². The van der Waals surface area contributed by atoms with E-state index in [4.69, 9.17) is 0 Å². The van der Waals surface area contributed by atoms with Crippen molar-refractivity contribution in [2.75, 3.05) is 26.7 Å². The van der Waals surface area contributed by atoms with Crippen LogP contribution in [0.25, 0.3) is 0 Å². The molecule has 1 aliphatic heterocycles. The minimum Gasteiger partial charge on any atom is -0.317 e. The molecule has 110 valence electrons. The lowest BCUT2D eigenvalue weighted by atomic mass is 9.97. The Balaban J connectivity index is 2.06. The molecule has 1 heterocycles. The average Bonchev–Trinajstić information content (AvgIpc) is 2.43. The fourth-order valence-corrected chi connectivity index (χ4v) is 2.95. The van der Waals surface area contributed by atoms with E-state index in [1.165, 1.54) is 11.1 Å². The molecule has 0 aliphatic carbocycles. The van der Waals surface area contributed by atoms with Gasteiger partial charge in [-0.15, -0.1) is 0 Å². The van der Waals surface area contributed by atoms with Crippen LogP contribution in [0, 0.1) is 20.8 Å². The molecule has 1 saturated heterocycles. The van der Waals surface area contributed by atoms with E-state index in [0.717, 1.165) is 37.1 Å². The Bertz CT molecular complexity index is 490. The van der Waals surface area contributed by atoms with Crippen molar-refractivity contribution < 1.29 is 4.79 Å². The molecule has 3 nitrogen and oxygen atoms in total. The zero-order valence-electron chi connectivity index (χ0n) is 13.1. The molecule has 1 aromatic carbocycles. The van der Waals surface area contributed by atoms with E-state index >= 15 is 0 Å². The number of ketones is 1. The highest BCUT2D eigenvalue weighted by Crippen LogP contribution is 2.17. The highest BCUT2D eigenvalue weighted by Gasteiger charge is 2.21.